The fraction of sp³-hybridized carbons (Fsp3) is 0.500. The van der Waals surface area contributed by atoms with Crippen LogP contribution in [-0.2, 0) is 0 Å². The van der Waals surface area contributed by atoms with Crippen LogP contribution in [0.15, 0.2) is 11.9 Å². The largest absolute Gasteiger partial charge is 0.401 e. The average Bonchev–Trinajstić information content (AvgIpc) is 1.68. The van der Waals surface area contributed by atoms with Gasteiger partial charge in [0.05, 0.1) is 0 Å². The summed E-state index contributed by atoms with van der Waals surface area (Å²) in [4.78, 5) is 0. The van der Waals surface area contributed by atoms with E-state index in [0.29, 0.717) is 0 Å². The van der Waals surface area contributed by atoms with Gasteiger partial charge in [-0.25, -0.2) is 0 Å². The lowest BCUT2D eigenvalue weighted by molar-refractivity contribution is 0.920. The Morgan fingerprint density at radius 1 is 2.00 bits per heavy atom. The molecule has 3 nitrogen and oxygen atoms in total. The molecule has 0 spiro atoms. The zero-order valence-electron chi connectivity index (χ0n) is 4.44. The Hall–Kier alpha value is -0.700. The Bertz CT molecular complexity index is 71.7. The van der Waals surface area contributed by atoms with Crippen molar-refractivity contribution in [2.45, 2.75) is 13.3 Å². The Kier molecular flexibility index (Phi) is 3.14. The average molecular weight is 103 g/mol. The predicted octanol–water partition coefficient (Wildman–Crippen LogP) is -0.0942. The molecule has 0 atom stereocenters. The Morgan fingerprint density at radius 3 is 2.71 bits per heavy atom. The summed E-state index contributed by atoms with van der Waals surface area (Å²) < 4.78 is 0. The van der Waals surface area contributed by atoms with Crippen molar-refractivity contribution in [1.29, 1.82) is 0 Å². The number of nitrogens with one attached hydrogen (secondary N) is 1. The van der Waals surface area contributed by atoms with E-state index < -0.39 is 0 Å². The van der Waals surface area contributed by atoms with Gasteiger partial charge in [-0.3, -0.25) is 5.84 Å². The second kappa shape index (κ2) is 3.49. The quantitative estimate of drug-likeness (QED) is 0.338. The number of hydrazine groups is 1. The summed E-state index contributed by atoms with van der Waals surface area (Å²) in [5.41, 5.74) is 8.40. The standard InChI is InChI=1S/C4H11N3.H2/c1-2-4(5)3-7-6;/h3,7H,2,5-6H2,1H3;1H/b4-3-;. The maximum Gasteiger partial charge on any atom is 0.0310 e. The summed E-state index contributed by atoms with van der Waals surface area (Å²) in [6.45, 7) is 1.96. The van der Waals surface area contributed by atoms with Gasteiger partial charge < -0.3 is 11.2 Å². The van der Waals surface area contributed by atoms with Crippen molar-refractivity contribution in [2.24, 2.45) is 11.6 Å². The summed E-state index contributed by atoms with van der Waals surface area (Å²) in [5, 5.41) is 0. The summed E-state index contributed by atoms with van der Waals surface area (Å²) in [7, 11) is 0. The highest BCUT2D eigenvalue weighted by Gasteiger charge is 1.76. The zero-order valence-corrected chi connectivity index (χ0v) is 4.44. The molecule has 44 valence electrons. The van der Waals surface area contributed by atoms with Gasteiger partial charge in [0.15, 0.2) is 0 Å². The molecule has 0 heterocycles. The number of allylic oxidation sites excluding steroid dienone is 1. The number of hydrogen-bond acceptors (Lipinski definition) is 3. The van der Waals surface area contributed by atoms with E-state index in [2.05, 4.69) is 5.43 Å². The van der Waals surface area contributed by atoms with Crippen molar-refractivity contribution < 1.29 is 1.43 Å². The molecule has 0 aliphatic heterocycles. The van der Waals surface area contributed by atoms with Gasteiger partial charge in [0.1, 0.15) is 0 Å². The third kappa shape index (κ3) is 3.12. The van der Waals surface area contributed by atoms with Gasteiger partial charge >= 0.3 is 0 Å². The van der Waals surface area contributed by atoms with E-state index in [-0.39, 0.29) is 1.43 Å². The molecule has 0 saturated carbocycles. The maximum atomic E-state index is 5.30. The molecule has 0 saturated heterocycles. The highest BCUT2D eigenvalue weighted by molar-refractivity contribution is 4.91. The van der Waals surface area contributed by atoms with Gasteiger partial charge in [0.2, 0.25) is 0 Å². The topological polar surface area (TPSA) is 64.1 Å². The molecule has 7 heavy (non-hydrogen) atoms. The third-order valence-corrected chi connectivity index (χ3v) is 0.677. The van der Waals surface area contributed by atoms with Gasteiger partial charge in [0, 0.05) is 13.3 Å². The van der Waals surface area contributed by atoms with Crippen molar-refractivity contribution >= 4 is 0 Å². The first-order chi connectivity index (χ1) is 3.31. The Balaban J connectivity index is 0. The molecule has 0 fully saturated rings. The molecule has 0 bridgehead atoms. The molecule has 0 unspecified atom stereocenters. The minimum atomic E-state index is 0. The zero-order chi connectivity index (χ0) is 5.70. The van der Waals surface area contributed by atoms with Crippen LogP contribution in [-0.4, -0.2) is 0 Å². The minimum absolute atomic E-state index is 0. The van der Waals surface area contributed by atoms with Crippen LogP contribution >= 0.6 is 0 Å². The lowest BCUT2D eigenvalue weighted by Gasteiger charge is -1.91. The van der Waals surface area contributed by atoms with Gasteiger partial charge in [-0.15, -0.1) is 0 Å². The Labute approximate surface area is 44.8 Å². The van der Waals surface area contributed by atoms with E-state index >= 15 is 0 Å². The monoisotopic (exact) mass is 103 g/mol. The van der Waals surface area contributed by atoms with Crippen molar-refractivity contribution in [1.82, 2.24) is 5.43 Å². The molecular formula is C4H13N3. The van der Waals surface area contributed by atoms with Crippen molar-refractivity contribution in [3.8, 4) is 0 Å². The maximum absolute atomic E-state index is 5.30. The summed E-state index contributed by atoms with van der Waals surface area (Å²) in [6, 6.07) is 0. The van der Waals surface area contributed by atoms with Gasteiger partial charge in [-0.1, -0.05) is 6.92 Å². The van der Waals surface area contributed by atoms with E-state index in [1.165, 1.54) is 0 Å². The van der Waals surface area contributed by atoms with E-state index in [1.807, 2.05) is 6.92 Å². The fourth-order valence-corrected chi connectivity index (χ4v) is 0.209. The molecule has 0 aromatic carbocycles. The van der Waals surface area contributed by atoms with Crippen LogP contribution in [0.3, 0.4) is 0 Å². The highest BCUT2D eigenvalue weighted by Crippen LogP contribution is 1.83. The van der Waals surface area contributed by atoms with Crippen molar-refractivity contribution in [3.05, 3.63) is 11.9 Å². The van der Waals surface area contributed by atoms with Crippen molar-refractivity contribution in [2.75, 3.05) is 0 Å². The predicted molar refractivity (Wildman–Crippen MR) is 32.0 cm³/mol. The van der Waals surface area contributed by atoms with E-state index in [1.54, 1.807) is 6.20 Å². The van der Waals surface area contributed by atoms with Crippen LogP contribution in [0.2, 0.25) is 0 Å². The molecule has 0 aliphatic rings. The minimum Gasteiger partial charge on any atom is -0.401 e. The van der Waals surface area contributed by atoms with E-state index in [9.17, 15) is 0 Å². The van der Waals surface area contributed by atoms with Crippen LogP contribution in [0.4, 0.5) is 0 Å². The number of rotatable bonds is 2. The second-order valence-corrected chi connectivity index (χ2v) is 1.24. The number of nitrogens with two attached hydrogens (primary N) is 2. The normalized spacial score (nSPS) is 11.4. The Morgan fingerprint density at radius 2 is 2.57 bits per heavy atom. The summed E-state index contributed by atoms with van der Waals surface area (Å²) >= 11 is 0. The van der Waals surface area contributed by atoms with Gasteiger partial charge in [-0.05, 0) is 6.42 Å². The van der Waals surface area contributed by atoms with Crippen LogP contribution in [0.5, 0.6) is 0 Å². The molecule has 3 heteroatoms. The first-order valence-corrected chi connectivity index (χ1v) is 2.22. The smallest absolute Gasteiger partial charge is 0.0310 e. The number of hydrogen-bond donors (Lipinski definition) is 3. The van der Waals surface area contributed by atoms with Crippen LogP contribution in [0.1, 0.15) is 14.8 Å². The van der Waals surface area contributed by atoms with E-state index in [0.717, 1.165) is 12.1 Å². The summed E-state index contributed by atoms with van der Waals surface area (Å²) in [6.07, 6.45) is 2.41. The molecule has 0 aromatic heterocycles. The van der Waals surface area contributed by atoms with E-state index in [4.69, 9.17) is 11.6 Å². The molecule has 0 aliphatic carbocycles. The first-order valence-electron chi connectivity index (χ1n) is 2.22. The molecule has 0 radical (unpaired) electrons. The van der Waals surface area contributed by atoms with Crippen molar-refractivity contribution in [3.63, 3.8) is 0 Å². The van der Waals surface area contributed by atoms with Gasteiger partial charge in [0.25, 0.3) is 0 Å². The third-order valence-electron chi connectivity index (χ3n) is 0.677. The van der Waals surface area contributed by atoms with Gasteiger partial charge in [-0.2, -0.15) is 0 Å². The first kappa shape index (κ1) is 6.30. The fourth-order valence-electron chi connectivity index (χ4n) is 0.209. The lowest BCUT2D eigenvalue weighted by atomic mass is 10.4. The second-order valence-electron chi connectivity index (χ2n) is 1.24. The highest BCUT2D eigenvalue weighted by atomic mass is 15.2. The summed E-state index contributed by atoms with van der Waals surface area (Å²) in [5.74, 6) is 4.90. The van der Waals surface area contributed by atoms with Crippen LogP contribution < -0.4 is 17.0 Å². The van der Waals surface area contributed by atoms with Crippen LogP contribution in [0.25, 0.3) is 0 Å². The lowest BCUT2D eigenvalue weighted by Crippen LogP contribution is -2.16. The molecular weight excluding hydrogens is 90.1 g/mol. The molecule has 0 rings (SSSR count). The molecule has 5 N–H and O–H groups in total. The molecule has 0 aromatic rings. The molecule has 0 amide bonds. The van der Waals surface area contributed by atoms with Crippen LogP contribution in [0, 0.1) is 0 Å². The SMILES string of the molecule is CC/C(N)=C/NN.[HH].